The molecule has 0 aliphatic heterocycles. The fourth-order valence-corrected chi connectivity index (χ4v) is 3.33. The summed E-state index contributed by atoms with van der Waals surface area (Å²) in [6, 6.07) is 11.6. The van der Waals surface area contributed by atoms with E-state index in [1.165, 1.54) is 11.8 Å². The van der Waals surface area contributed by atoms with Crippen molar-refractivity contribution < 1.29 is 9.84 Å². The standard InChI is InChI=1S/C15H13BrN2O2S/c1-20-11-3-4-12-13(7-11)18-15(17-12)21-14-5-2-10(16)6-9(14)8-19/h2-7,19H,8H2,1H3,(H,17,18). The number of H-pyrrole nitrogens is 1. The van der Waals surface area contributed by atoms with Gasteiger partial charge >= 0.3 is 0 Å². The molecule has 0 radical (unpaired) electrons. The van der Waals surface area contributed by atoms with Crippen LogP contribution in [0.15, 0.2) is 50.9 Å². The molecular weight excluding hydrogens is 352 g/mol. The van der Waals surface area contributed by atoms with Crippen molar-refractivity contribution in [3.63, 3.8) is 0 Å². The maximum atomic E-state index is 9.45. The number of methoxy groups -OCH3 is 1. The predicted molar refractivity (Wildman–Crippen MR) is 86.8 cm³/mol. The Morgan fingerprint density at radius 1 is 1.29 bits per heavy atom. The van der Waals surface area contributed by atoms with Crippen LogP contribution in [0.2, 0.25) is 0 Å². The highest BCUT2D eigenvalue weighted by molar-refractivity contribution is 9.10. The van der Waals surface area contributed by atoms with Crippen LogP contribution in [0.5, 0.6) is 5.75 Å². The van der Waals surface area contributed by atoms with E-state index in [1.807, 2.05) is 36.4 Å². The average Bonchev–Trinajstić information content (AvgIpc) is 2.90. The minimum atomic E-state index is -0.00414. The van der Waals surface area contributed by atoms with Gasteiger partial charge in [-0.3, -0.25) is 0 Å². The van der Waals surface area contributed by atoms with E-state index in [1.54, 1.807) is 7.11 Å². The van der Waals surface area contributed by atoms with Gasteiger partial charge in [0.05, 0.1) is 24.8 Å². The number of rotatable bonds is 4. The third-order valence-corrected chi connectivity index (χ3v) is 4.56. The van der Waals surface area contributed by atoms with Crippen molar-refractivity contribution in [2.75, 3.05) is 7.11 Å². The zero-order chi connectivity index (χ0) is 14.8. The lowest BCUT2D eigenvalue weighted by Crippen LogP contribution is -1.88. The number of aliphatic hydroxyl groups excluding tert-OH is 1. The molecule has 0 amide bonds. The topological polar surface area (TPSA) is 58.1 Å². The zero-order valence-electron chi connectivity index (χ0n) is 11.3. The maximum Gasteiger partial charge on any atom is 0.171 e. The molecule has 108 valence electrons. The number of halogens is 1. The average molecular weight is 365 g/mol. The molecule has 0 saturated carbocycles. The maximum absolute atomic E-state index is 9.45. The summed E-state index contributed by atoms with van der Waals surface area (Å²) in [5.41, 5.74) is 2.69. The van der Waals surface area contributed by atoms with E-state index >= 15 is 0 Å². The third kappa shape index (κ3) is 3.07. The van der Waals surface area contributed by atoms with Crippen molar-refractivity contribution in [3.05, 3.63) is 46.4 Å². The second-order valence-electron chi connectivity index (χ2n) is 4.44. The Hall–Kier alpha value is -1.50. The van der Waals surface area contributed by atoms with E-state index in [4.69, 9.17) is 4.74 Å². The summed E-state index contributed by atoms with van der Waals surface area (Å²) in [4.78, 5) is 8.78. The fraction of sp³-hybridized carbons (Fsp3) is 0.133. The number of hydrogen-bond donors (Lipinski definition) is 2. The first kappa shape index (κ1) is 14.4. The molecule has 0 atom stereocenters. The van der Waals surface area contributed by atoms with Gasteiger partial charge in [-0.2, -0.15) is 0 Å². The Labute approximate surface area is 134 Å². The highest BCUT2D eigenvalue weighted by atomic mass is 79.9. The number of aliphatic hydroxyl groups is 1. The molecule has 4 nitrogen and oxygen atoms in total. The Kier molecular flexibility index (Phi) is 4.19. The molecule has 0 saturated heterocycles. The number of hydrogen-bond acceptors (Lipinski definition) is 4. The van der Waals surface area contributed by atoms with Gasteiger partial charge in [-0.05, 0) is 35.9 Å². The molecule has 0 aliphatic carbocycles. The van der Waals surface area contributed by atoms with Gasteiger partial charge in [0.15, 0.2) is 5.16 Å². The number of benzene rings is 2. The minimum Gasteiger partial charge on any atom is -0.497 e. The Morgan fingerprint density at radius 2 is 2.14 bits per heavy atom. The number of aromatic nitrogens is 2. The zero-order valence-corrected chi connectivity index (χ0v) is 13.7. The molecule has 6 heteroatoms. The number of aromatic amines is 1. The van der Waals surface area contributed by atoms with Gasteiger partial charge in [-0.25, -0.2) is 4.98 Å². The van der Waals surface area contributed by atoms with E-state index < -0.39 is 0 Å². The summed E-state index contributed by atoms with van der Waals surface area (Å²) in [6.45, 7) is -0.00414. The van der Waals surface area contributed by atoms with E-state index in [0.717, 1.165) is 36.9 Å². The first-order chi connectivity index (χ1) is 10.2. The highest BCUT2D eigenvalue weighted by Gasteiger charge is 2.09. The van der Waals surface area contributed by atoms with Crippen molar-refractivity contribution in [1.29, 1.82) is 0 Å². The smallest absolute Gasteiger partial charge is 0.171 e. The van der Waals surface area contributed by atoms with Gasteiger partial charge in [0, 0.05) is 15.4 Å². The fourth-order valence-electron chi connectivity index (χ4n) is 2.02. The molecule has 1 heterocycles. The molecule has 0 fully saturated rings. The molecule has 21 heavy (non-hydrogen) atoms. The monoisotopic (exact) mass is 364 g/mol. The predicted octanol–water partition coefficient (Wildman–Crippen LogP) is 3.98. The summed E-state index contributed by atoms with van der Waals surface area (Å²) in [7, 11) is 1.64. The van der Waals surface area contributed by atoms with Crippen LogP contribution in [-0.4, -0.2) is 22.2 Å². The summed E-state index contributed by atoms with van der Waals surface area (Å²) in [5, 5.41) is 10.2. The van der Waals surface area contributed by atoms with E-state index in [0.29, 0.717) is 0 Å². The lowest BCUT2D eigenvalue weighted by atomic mass is 10.2. The van der Waals surface area contributed by atoms with Crippen molar-refractivity contribution in [1.82, 2.24) is 9.97 Å². The minimum absolute atomic E-state index is 0.00414. The SMILES string of the molecule is COc1ccc2nc(Sc3ccc(Br)cc3CO)[nH]c2c1. The van der Waals surface area contributed by atoms with Gasteiger partial charge < -0.3 is 14.8 Å². The molecule has 0 bridgehead atoms. The quantitative estimate of drug-likeness (QED) is 0.734. The lowest BCUT2D eigenvalue weighted by Gasteiger charge is -2.05. The molecule has 3 aromatic rings. The van der Waals surface area contributed by atoms with Crippen molar-refractivity contribution in [3.8, 4) is 5.75 Å². The molecular formula is C15H13BrN2O2S. The van der Waals surface area contributed by atoms with Crippen molar-refractivity contribution >= 4 is 38.7 Å². The van der Waals surface area contributed by atoms with E-state index in [2.05, 4.69) is 25.9 Å². The van der Waals surface area contributed by atoms with Gasteiger partial charge in [-0.15, -0.1) is 0 Å². The van der Waals surface area contributed by atoms with Gasteiger partial charge in [-0.1, -0.05) is 27.7 Å². The normalized spacial score (nSPS) is 11.0. The number of nitrogens with zero attached hydrogens (tertiary/aromatic N) is 1. The first-order valence-electron chi connectivity index (χ1n) is 6.30. The molecule has 3 rings (SSSR count). The Morgan fingerprint density at radius 3 is 2.90 bits per heavy atom. The Bertz CT molecular complexity index is 788. The molecule has 1 aromatic heterocycles. The Balaban J connectivity index is 1.94. The van der Waals surface area contributed by atoms with E-state index in [-0.39, 0.29) is 6.61 Å². The van der Waals surface area contributed by atoms with Crippen LogP contribution in [0.1, 0.15) is 5.56 Å². The summed E-state index contributed by atoms with van der Waals surface area (Å²) in [6.07, 6.45) is 0. The lowest BCUT2D eigenvalue weighted by molar-refractivity contribution is 0.279. The van der Waals surface area contributed by atoms with Crippen LogP contribution in [0.4, 0.5) is 0 Å². The summed E-state index contributed by atoms with van der Waals surface area (Å²) < 4.78 is 6.16. The largest absolute Gasteiger partial charge is 0.497 e. The van der Waals surface area contributed by atoms with Crippen LogP contribution in [-0.2, 0) is 6.61 Å². The first-order valence-corrected chi connectivity index (χ1v) is 7.91. The van der Waals surface area contributed by atoms with Crippen molar-refractivity contribution in [2.45, 2.75) is 16.7 Å². The number of fused-ring (bicyclic) bond motifs is 1. The summed E-state index contributed by atoms with van der Waals surface area (Å²) in [5.74, 6) is 0.794. The number of imidazole rings is 1. The highest BCUT2D eigenvalue weighted by Crippen LogP contribution is 2.32. The van der Waals surface area contributed by atoms with Crippen molar-refractivity contribution in [2.24, 2.45) is 0 Å². The van der Waals surface area contributed by atoms with Gasteiger partial charge in [0.2, 0.25) is 0 Å². The molecule has 0 aliphatic rings. The van der Waals surface area contributed by atoms with Crippen LogP contribution in [0.25, 0.3) is 11.0 Å². The number of ether oxygens (including phenoxy) is 1. The number of nitrogens with one attached hydrogen (secondary N) is 1. The second kappa shape index (κ2) is 6.09. The van der Waals surface area contributed by atoms with Crippen LogP contribution in [0, 0.1) is 0 Å². The van der Waals surface area contributed by atoms with Gasteiger partial charge in [0.1, 0.15) is 5.75 Å². The second-order valence-corrected chi connectivity index (χ2v) is 6.38. The third-order valence-electron chi connectivity index (χ3n) is 3.07. The molecule has 0 spiro atoms. The van der Waals surface area contributed by atoms with Crippen LogP contribution < -0.4 is 4.74 Å². The van der Waals surface area contributed by atoms with Crippen LogP contribution >= 0.6 is 27.7 Å². The van der Waals surface area contributed by atoms with Gasteiger partial charge in [0.25, 0.3) is 0 Å². The molecule has 2 N–H and O–H groups in total. The van der Waals surface area contributed by atoms with Crippen LogP contribution in [0.3, 0.4) is 0 Å². The molecule has 0 unspecified atom stereocenters. The molecule has 2 aromatic carbocycles. The summed E-state index contributed by atoms with van der Waals surface area (Å²) >= 11 is 4.91. The van der Waals surface area contributed by atoms with E-state index in [9.17, 15) is 5.11 Å².